The van der Waals surface area contributed by atoms with E-state index < -0.39 is 17.5 Å². The van der Waals surface area contributed by atoms with E-state index in [2.05, 4.69) is 20.4 Å². The van der Waals surface area contributed by atoms with Crippen LogP contribution in [0.3, 0.4) is 0 Å². The van der Waals surface area contributed by atoms with Crippen LogP contribution in [0.15, 0.2) is 24.8 Å². The highest BCUT2D eigenvalue weighted by molar-refractivity contribution is 6.10. The number of nitrogens with one attached hydrogen (secondary N) is 1. The second-order valence-electron chi connectivity index (χ2n) is 7.41. The summed E-state index contributed by atoms with van der Waals surface area (Å²) in [6, 6.07) is 1.45. The van der Waals surface area contributed by atoms with Crippen LogP contribution in [0.1, 0.15) is 56.6 Å². The average molecular weight is 389 g/mol. The molecule has 2 aromatic heterocycles. The van der Waals surface area contributed by atoms with Gasteiger partial charge in [-0.05, 0) is 39.2 Å². The van der Waals surface area contributed by atoms with E-state index in [1.54, 1.807) is 20.8 Å². The Morgan fingerprint density at radius 3 is 2.75 bits per heavy atom. The molecule has 2 heterocycles. The zero-order valence-corrected chi connectivity index (χ0v) is 16.7. The van der Waals surface area contributed by atoms with Gasteiger partial charge in [0, 0.05) is 25.5 Å². The van der Waals surface area contributed by atoms with Crippen molar-refractivity contribution in [2.75, 3.05) is 18.5 Å². The normalized spacial score (nSPS) is 12.5. The van der Waals surface area contributed by atoms with Gasteiger partial charge in [-0.25, -0.2) is 14.8 Å². The molecule has 0 aliphatic heterocycles. The molecule has 0 amide bonds. The molecule has 2 aromatic rings. The van der Waals surface area contributed by atoms with Gasteiger partial charge in [0.25, 0.3) is 0 Å². The molecule has 0 fully saturated rings. The maximum Gasteiger partial charge on any atom is 0.435 e. The Labute approximate surface area is 164 Å². The molecule has 0 saturated heterocycles. The first kappa shape index (κ1) is 21.5. The second-order valence-corrected chi connectivity index (χ2v) is 7.41. The molecule has 9 nitrogen and oxygen atoms in total. The number of rotatable bonds is 8. The molecule has 0 aromatic carbocycles. The van der Waals surface area contributed by atoms with Crippen LogP contribution < -0.4 is 5.32 Å². The molecule has 0 bridgehead atoms. The highest BCUT2D eigenvalue weighted by Gasteiger charge is 2.22. The van der Waals surface area contributed by atoms with Crippen molar-refractivity contribution in [3.05, 3.63) is 36.0 Å². The summed E-state index contributed by atoms with van der Waals surface area (Å²) >= 11 is 0. The van der Waals surface area contributed by atoms with Gasteiger partial charge in [0.2, 0.25) is 5.78 Å². The third-order valence-corrected chi connectivity index (χ3v) is 4.04. The van der Waals surface area contributed by atoms with Crippen molar-refractivity contribution in [1.29, 1.82) is 0 Å². The number of ether oxygens (including phenoxy) is 1. The minimum atomic E-state index is -0.664. The highest BCUT2D eigenvalue weighted by Crippen LogP contribution is 2.16. The van der Waals surface area contributed by atoms with Crippen LogP contribution in [0.5, 0.6) is 0 Å². The van der Waals surface area contributed by atoms with Gasteiger partial charge in [-0.1, -0.05) is 13.3 Å². The van der Waals surface area contributed by atoms with Crippen molar-refractivity contribution in [3.8, 4) is 0 Å². The van der Waals surface area contributed by atoms with Gasteiger partial charge in [-0.2, -0.15) is 9.78 Å². The Kier molecular flexibility index (Phi) is 7.22. The number of aliphatic hydroxyl groups excluding tert-OH is 1. The largest absolute Gasteiger partial charge is 0.442 e. The summed E-state index contributed by atoms with van der Waals surface area (Å²) in [5, 5.41) is 16.4. The van der Waals surface area contributed by atoms with Gasteiger partial charge in [-0.3, -0.25) is 4.79 Å². The van der Waals surface area contributed by atoms with E-state index >= 15 is 0 Å². The van der Waals surface area contributed by atoms with Gasteiger partial charge in [0.05, 0.1) is 5.56 Å². The van der Waals surface area contributed by atoms with E-state index in [1.165, 1.54) is 24.8 Å². The quantitative estimate of drug-likeness (QED) is 0.661. The van der Waals surface area contributed by atoms with Gasteiger partial charge in [0.15, 0.2) is 0 Å². The number of hydrogen-bond donors (Lipinski definition) is 2. The van der Waals surface area contributed by atoms with Crippen LogP contribution in [0.2, 0.25) is 0 Å². The molecule has 28 heavy (non-hydrogen) atoms. The summed E-state index contributed by atoms with van der Waals surface area (Å²) in [4.78, 5) is 32.9. The minimum Gasteiger partial charge on any atom is -0.442 e. The van der Waals surface area contributed by atoms with E-state index in [9.17, 15) is 14.7 Å². The molecule has 0 saturated carbocycles. The van der Waals surface area contributed by atoms with Crippen molar-refractivity contribution in [3.63, 3.8) is 0 Å². The number of aliphatic hydroxyl groups is 1. The summed E-state index contributed by atoms with van der Waals surface area (Å²) in [6.07, 6.45) is 5.10. The maximum absolute atomic E-state index is 12.8. The zero-order chi connectivity index (χ0) is 20.7. The van der Waals surface area contributed by atoms with E-state index in [4.69, 9.17) is 4.74 Å². The van der Waals surface area contributed by atoms with Gasteiger partial charge < -0.3 is 15.2 Å². The Morgan fingerprint density at radius 2 is 2.11 bits per heavy atom. The zero-order valence-electron chi connectivity index (χ0n) is 16.7. The van der Waals surface area contributed by atoms with Gasteiger partial charge in [-0.15, -0.1) is 0 Å². The Morgan fingerprint density at radius 1 is 1.36 bits per heavy atom. The lowest BCUT2D eigenvalue weighted by Gasteiger charge is -2.18. The van der Waals surface area contributed by atoms with Gasteiger partial charge in [0.1, 0.15) is 23.4 Å². The van der Waals surface area contributed by atoms with E-state index in [0.717, 1.165) is 17.5 Å². The molecule has 0 aliphatic carbocycles. The number of carbonyl (C=O) groups is 2. The number of ketones is 1. The SMILES string of the molecule is CCC(CO)CCNc1ncncc1C(=O)c1ccn(C(=O)OC(C)(C)C)n1. The second kappa shape index (κ2) is 9.41. The fourth-order valence-corrected chi connectivity index (χ4v) is 2.45. The summed E-state index contributed by atoms with van der Waals surface area (Å²) in [5.41, 5.74) is -0.317. The van der Waals surface area contributed by atoms with Crippen molar-refractivity contribution < 1.29 is 19.4 Å². The fourth-order valence-electron chi connectivity index (χ4n) is 2.45. The molecular weight excluding hydrogens is 362 g/mol. The number of aromatic nitrogens is 4. The summed E-state index contributed by atoms with van der Waals surface area (Å²) in [5.74, 6) is 0.178. The standard InChI is InChI=1S/C19H27N5O4/c1-5-13(11-25)6-8-21-17-14(10-20-12-22-17)16(26)15-7-9-24(23-15)18(27)28-19(2,3)4/h7,9-10,12-13,25H,5-6,8,11H2,1-4H3,(H,20,21,22). The van der Waals surface area contributed by atoms with Crippen LogP contribution >= 0.6 is 0 Å². The van der Waals surface area contributed by atoms with Crippen LogP contribution in [0.25, 0.3) is 0 Å². The molecule has 2 N–H and O–H groups in total. The predicted molar refractivity (Wildman–Crippen MR) is 103 cm³/mol. The lowest BCUT2D eigenvalue weighted by Crippen LogP contribution is -2.27. The first-order valence-electron chi connectivity index (χ1n) is 9.23. The number of anilines is 1. The van der Waals surface area contributed by atoms with E-state index in [0.29, 0.717) is 12.4 Å². The third kappa shape index (κ3) is 5.85. The highest BCUT2D eigenvalue weighted by atomic mass is 16.6. The molecule has 2 rings (SSSR count). The van der Waals surface area contributed by atoms with Crippen LogP contribution in [0.4, 0.5) is 10.6 Å². The van der Waals surface area contributed by atoms with Crippen LogP contribution in [-0.2, 0) is 4.74 Å². The lowest BCUT2D eigenvalue weighted by atomic mass is 10.0. The van der Waals surface area contributed by atoms with Crippen molar-refractivity contribution in [2.45, 2.75) is 46.1 Å². The Balaban J connectivity index is 2.11. The molecule has 0 spiro atoms. The molecule has 9 heteroatoms. The summed E-state index contributed by atoms with van der Waals surface area (Å²) in [7, 11) is 0. The molecular formula is C19H27N5O4. The topological polar surface area (TPSA) is 119 Å². The van der Waals surface area contributed by atoms with Gasteiger partial charge >= 0.3 is 6.09 Å². The lowest BCUT2D eigenvalue weighted by molar-refractivity contribution is 0.0514. The van der Waals surface area contributed by atoms with E-state index in [1.807, 2.05) is 6.92 Å². The summed E-state index contributed by atoms with van der Waals surface area (Å²) < 4.78 is 6.22. The van der Waals surface area contributed by atoms with Crippen molar-refractivity contribution >= 4 is 17.7 Å². The first-order valence-corrected chi connectivity index (χ1v) is 9.23. The smallest absolute Gasteiger partial charge is 0.435 e. The molecule has 0 aliphatic rings. The minimum absolute atomic E-state index is 0.0884. The molecule has 0 radical (unpaired) electrons. The average Bonchev–Trinajstić information content (AvgIpc) is 3.14. The van der Waals surface area contributed by atoms with Crippen molar-refractivity contribution in [1.82, 2.24) is 19.7 Å². The van der Waals surface area contributed by atoms with E-state index in [-0.39, 0.29) is 23.8 Å². The number of carbonyl (C=O) groups excluding carboxylic acids is 2. The fraction of sp³-hybridized carbons (Fsp3) is 0.526. The van der Waals surface area contributed by atoms with Crippen LogP contribution in [-0.4, -0.2) is 55.5 Å². The maximum atomic E-state index is 12.8. The monoisotopic (exact) mass is 389 g/mol. The Hall–Kier alpha value is -2.81. The Bertz CT molecular complexity index is 809. The number of nitrogens with zero attached hydrogens (tertiary/aromatic N) is 4. The van der Waals surface area contributed by atoms with Crippen molar-refractivity contribution in [2.24, 2.45) is 5.92 Å². The molecule has 1 atom stereocenters. The molecule has 1 unspecified atom stereocenters. The molecule has 152 valence electrons. The van der Waals surface area contributed by atoms with Crippen LogP contribution in [0, 0.1) is 5.92 Å². The predicted octanol–water partition coefficient (Wildman–Crippen LogP) is 2.51. The first-order chi connectivity index (χ1) is 13.2. The summed E-state index contributed by atoms with van der Waals surface area (Å²) in [6.45, 7) is 7.94. The third-order valence-electron chi connectivity index (χ3n) is 4.04. The number of hydrogen-bond acceptors (Lipinski definition) is 8.